The average Bonchev–Trinajstić information content (AvgIpc) is 2.30. The van der Waals surface area contributed by atoms with E-state index in [-0.39, 0.29) is 5.91 Å². The van der Waals surface area contributed by atoms with Gasteiger partial charge in [0.1, 0.15) is 5.92 Å². The van der Waals surface area contributed by atoms with Crippen molar-refractivity contribution in [2.45, 2.75) is 27.2 Å². The third kappa shape index (κ3) is 2.60. The molecule has 0 heterocycles. The maximum Gasteiger partial charge on any atom is 0.241 e. The fraction of sp³-hybridized carbons (Fsp3) is 0.385. The van der Waals surface area contributed by atoms with Crippen molar-refractivity contribution < 1.29 is 4.79 Å². The minimum Gasteiger partial charge on any atom is -0.324 e. The van der Waals surface area contributed by atoms with E-state index >= 15 is 0 Å². The Hall–Kier alpha value is -1.82. The highest BCUT2D eigenvalue weighted by atomic mass is 16.1. The van der Waals surface area contributed by atoms with Crippen molar-refractivity contribution in [1.82, 2.24) is 0 Å². The molecule has 1 N–H and O–H groups in total. The van der Waals surface area contributed by atoms with Gasteiger partial charge in [-0.2, -0.15) is 5.26 Å². The van der Waals surface area contributed by atoms with E-state index in [0.717, 1.165) is 23.2 Å². The molecule has 0 aliphatic rings. The van der Waals surface area contributed by atoms with Gasteiger partial charge in [-0.05, 0) is 31.4 Å². The quantitative estimate of drug-likeness (QED) is 0.844. The van der Waals surface area contributed by atoms with Crippen molar-refractivity contribution in [3.05, 3.63) is 29.3 Å². The van der Waals surface area contributed by atoms with Gasteiger partial charge < -0.3 is 5.32 Å². The molecular formula is C13H16N2O. The van der Waals surface area contributed by atoms with Gasteiger partial charge in [-0.15, -0.1) is 0 Å². The Morgan fingerprint density at radius 2 is 2.25 bits per heavy atom. The summed E-state index contributed by atoms with van der Waals surface area (Å²) >= 11 is 0. The molecule has 0 fully saturated rings. The van der Waals surface area contributed by atoms with Gasteiger partial charge in [0.2, 0.25) is 5.91 Å². The Kier molecular flexibility index (Phi) is 4.07. The van der Waals surface area contributed by atoms with Crippen LogP contribution >= 0.6 is 0 Å². The standard InChI is InChI=1S/C13H16N2O/c1-4-11-7-5-6-9(2)12(11)15-13(16)10(3)8-14/h5-7,10H,4H2,1-3H3,(H,15,16). The highest BCUT2D eigenvalue weighted by Crippen LogP contribution is 2.21. The molecule has 1 unspecified atom stereocenters. The van der Waals surface area contributed by atoms with E-state index in [1.54, 1.807) is 6.92 Å². The topological polar surface area (TPSA) is 52.9 Å². The highest BCUT2D eigenvalue weighted by molar-refractivity contribution is 5.95. The number of benzene rings is 1. The van der Waals surface area contributed by atoms with Crippen LogP contribution in [-0.2, 0) is 11.2 Å². The molecule has 3 heteroatoms. The van der Waals surface area contributed by atoms with Crippen LogP contribution in [0, 0.1) is 24.2 Å². The Morgan fingerprint density at radius 3 is 2.81 bits per heavy atom. The largest absolute Gasteiger partial charge is 0.324 e. The molecule has 0 aliphatic heterocycles. The first-order valence-corrected chi connectivity index (χ1v) is 5.39. The first-order valence-electron chi connectivity index (χ1n) is 5.39. The Morgan fingerprint density at radius 1 is 1.56 bits per heavy atom. The van der Waals surface area contributed by atoms with Crippen LogP contribution in [0.15, 0.2) is 18.2 Å². The number of aryl methyl sites for hydroxylation is 2. The lowest BCUT2D eigenvalue weighted by Crippen LogP contribution is -2.20. The molecule has 1 aromatic rings. The third-order valence-corrected chi connectivity index (χ3v) is 2.58. The lowest BCUT2D eigenvalue weighted by atomic mass is 10.0. The van der Waals surface area contributed by atoms with Gasteiger partial charge in [0, 0.05) is 5.69 Å². The fourth-order valence-electron chi connectivity index (χ4n) is 1.49. The summed E-state index contributed by atoms with van der Waals surface area (Å²) in [6.45, 7) is 5.59. The van der Waals surface area contributed by atoms with Crippen molar-refractivity contribution in [1.29, 1.82) is 5.26 Å². The molecule has 1 atom stereocenters. The van der Waals surface area contributed by atoms with E-state index in [2.05, 4.69) is 5.32 Å². The fourth-order valence-corrected chi connectivity index (χ4v) is 1.49. The van der Waals surface area contributed by atoms with Crippen molar-refractivity contribution in [2.75, 3.05) is 5.32 Å². The number of nitrogens with zero attached hydrogens (tertiary/aromatic N) is 1. The van der Waals surface area contributed by atoms with Gasteiger partial charge in [0.05, 0.1) is 6.07 Å². The number of rotatable bonds is 3. The van der Waals surface area contributed by atoms with E-state index in [4.69, 9.17) is 5.26 Å². The number of nitriles is 1. The summed E-state index contributed by atoms with van der Waals surface area (Å²) in [6.07, 6.45) is 0.859. The second kappa shape index (κ2) is 5.32. The minimum atomic E-state index is -0.621. The zero-order chi connectivity index (χ0) is 12.1. The first-order chi connectivity index (χ1) is 7.60. The zero-order valence-corrected chi connectivity index (χ0v) is 9.87. The Bertz CT molecular complexity index is 432. The molecule has 1 rings (SSSR count). The Balaban J connectivity index is 2.97. The van der Waals surface area contributed by atoms with Crippen molar-refractivity contribution in [3.8, 4) is 6.07 Å². The van der Waals surface area contributed by atoms with Crippen LogP contribution in [-0.4, -0.2) is 5.91 Å². The van der Waals surface area contributed by atoms with Crippen LogP contribution in [0.4, 0.5) is 5.69 Å². The minimum absolute atomic E-state index is 0.244. The number of nitrogens with one attached hydrogen (secondary N) is 1. The summed E-state index contributed by atoms with van der Waals surface area (Å²) in [4.78, 5) is 11.6. The number of carbonyl (C=O) groups excluding carboxylic acids is 1. The van der Waals surface area contributed by atoms with Crippen molar-refractivity contribution in [2.24, 2.45) is 5.92 Å². The monoisotopic (exact) mass is 216 g/mol. The molecule has 0 aromatic heterocycles. The van der Waals surface area contributed by atoms with Gasteiger partial charge >= 0.3 is 0 Å². The van der Waals surface area contributed by atoms with Gasteiger partial charge in [0.25, 0.3) is 0 Å². The average molecular weight is 216 g/mol. The van der Waals surface area contributed by atoms with Crippen molar-refractivity contribution in [3.63, 3.8) is 0 Å². The molecule has 1 amide bonds. The molecular weight excluding hydrogens is 200 g/mol. The number of anilines is 1. The molecule has 16 heavy (non-hydrogen) atoms. The van der Waals surface area contributed by atoms with E-state index < -0.39 is 5.92 Å². The first kappa shape index (κ1) is 12.3. The summed E-state index contributed by atoms with van der Waals surface area (Å²) in [5.74, 6) is -0.865. The molecule has 0 saturated heterocycles. The molecule has 3 nitrogen and oxygen atoms in total. The lowest BCUT2D eigenvalue weighted by molar-refractivity contribution is -0.117. The van der Waals surface area contributed by atoms with E-state index in [1.807, 2.05) is 38.1 Å². The number of hydrogen-bond donors (Lipinski definition) is 1. The maximum atomic E-state index is 11.6. The second-order valence-corrected chi connectivity index (χ2v) is 3.80. The van der Waals surface area contributed by atoms with Crippen LogP contribution in [0.25, 0.3) is 0 Å². The molecule has 0 aliphatic carbocycles. The number of amides is 1. The predicted molar refractivity (Wildman–Crippen MR) is 64.0 cm³/mol. The summed E-state index contributed by atoms with van der Waals surface area (Å²) in [5.41, 5.74) is 2.97. The van der Waals surface area contributed by atoms with E-state index in [1.165, 1.54) is 0 Å². The third-order valence-electron chi connectivity index (χ3n) is 2.58. The van der Waals surface area contributed by atoms with Crippen LogP contribution in [0.3, 0.4) is 0 Å². The van der Waals surface area contributed by atoms with Crippen LogP contribution in [0.5, 0.6) is 0 Å². The predicted octanol–water partition coefficient (Wildman–Crippen LogP) is 2.66. The summed E-state index contributed by atoms with van der Waals surface area (Å²) in [5, 5.41) is 11.5. The normalized spacial score (nSPS) is 11.6. The summed E-state index contributed by atoms with van der Waals surface area (Å²) < 4.78 is 0. The van der Waals surface area contributed by atoms with E-state index in [0.29, 0.717) is 0 Å². The molecule has 0 bridgehead atoms. The van der Waals surface area contributed by atoms with Gasteiger partial charge in [-0.25, -0.2) is 0 Å². The number of hydrogen-bond acceptors (Lipinski definition) is 2. The SMILES string of the molecule is CCc1cccc(C)c1NC(=O)C(C)C#N. The van der Waals surface area contributed by atoms with Crippen LogP contribution in [0.2, 0.25) is 0 Å². The lowest BCUT2D eigenvalue weighted by Gasteiger charge is -2.13. The number of para-hydroxylation sites is 1. The highest BCUT2D eigenvalue weighted by Gasteiger charge is 2.14. The Labute approximate surface area is 96.1 Å². The number of carbonyl (C=O) groups is 1. The maximum absolute atomic E-state index is 11.6. The van der Waals surface area contributed by atoms with Crippen LogP contribution in [0.1, 0.15) is 25.0 Å². The molecule has 0 radical (unpaired) electrons. The van der Waals surface area contributed by atoms with Gasteiger partial charge in [0.15, 0.2) is 0 Å². The van der Waals surface area contributed by atoms with Gasteiger partial charge in [-0.3, -0.25) is 4.79 Å². The second-order valence-electron chi connectivity index (χ2n) is 3.80. The summed E-state index contributed by atoms with van der Waals surface area (Å²) in [6, 6.07) is 7.84. The van der Waals surface area contributed by atoms with E-state index in [9.17, 15) is 4.79 Å². The molecule has 84 valence electrons. The van der Waals surface area contributed by atoms with Crippen LogP contribution < -0.4 is 5.32 Å². The smallest absolute Gasteiger partial charge is 0.241 e. The molecule has 0 saturated carbocycles. The zero-order valence-electron chi connectivity index (χ0n) is 9.87. The van der Waals surface area contributed by atoms with Gasteiger partial charge in [-0.1, -0.05) is 25.1 Å². The molecule has 0 spiro atoms. The molecule has 1 aromatic carbocycles. The van der Waals surface area contributed by atoms with Crippen molar-refractivity contribution >= 4 is 11.6 Å². The summed E-state index contributed by atoms with van der Waals surface area (Å²) in [7, 11) is 0.